The summed E-state index contributed by atoms with van der Waals surface area (Å²) >= 11 is 0. The summed E-state index contributed by atoms with van der Waals surface area (Å²) in [6.07, 6.45) is 1.90. The molecule has 2 aliphatic rings. The van der Waals surface area contributed by atoms with E-state index < -0.39 is 11.7 Å². The van der Waals surface area contributed by atoms with Gasteiger partial charge in [0.1, 0.15) is 0 Å². The van der Waals surface area contributed by atoms with E-state index >= 15 is 0 Å². The Morgan fingerprint density at radius 2 is 2.10 bits per heavy atom. The van der Waals surface area contributed by atoms with Crippen LogP contribution in [0.15, 0.2) is 28.8 Å². The highest BCUT2D eigenvalue weighted by Crippen LogP contribution is 2.34. The van der Waals surface area contributed by atoms with Gasteiger partial charge in [0.05, 0.1) is 24.5 Å². The maximum Gasteiger partial charge on any atom is 0.416 e. The van der Waals surface area contributed by atoms with Crippen molar-refractivity contribution in [1.29, 1.82) is 0 Å². The third-order valence-electron chi connectivity index (χ3n) is 3.78. The average Bonchev–Trinajstić information content (AvgIpc) is 2.90. The van der Waals surface area contributed by atoms with Crippen LogP contribution in [0, 0.1) is 0 Å². The maximum atomic E-state index is 12.7. The lowest BCUT2D eigenvalue weighted by molar-refractivity contribution is -0.137. The number of benzene rings is 1. The zero-order valence-electron chi connectivity index (χ0n) is 10.9. The van der Waals surface area contributed by atoms with Crippen molar-refractivity contribution in [2.45, 2.75) is 31.5 Å². The van der Waals surface area contributed by atoms with Crippen LogP contribution >= 0.6 is 0 Å². The van der Waals surface area contributed by atoms with Gasteiger partial charge in [0.2, 0.25) is 0 Å². The zero-order chi connectivity index (χ0) is 14.2. The monoisotopic (exact) mass is 280 g/mol. The number of aryl methyl sites for hydroxylation is 1. The minimum atomic E-state index is -4.26. The van der Waals surface area contributed by atoms with Crippen molar-refractivity contribution in [3.05, 3.63) is 40.5 Å². The Balaban J connectivity index is 1.79. The van der Waals surface area contributed by atoms with Crippen LogP contribution in [0.3, 0.4) is 0 Å². The fraction of sp³-hybridized carbons (Fsp3) is 0.400. The second kappa shape index (κ2) is 4.96. The third kappa shape index (κ3) is 2.71. The van der Waals surface area contributed by atoms with E-state index in [0.29, 0.717) is 12.5 Å². The van der Waals surface area contributed by atoms with Crippen molar-refractivity contribution in [3.8, 4) is 0 Å². The molecule has 3 rings (SSSR count). The molecule has 106 valence electrons. The number of fused-ring (bicyclic) bond motifs is 1. The van der Waals surface area contributed by atoms with E-state index in [0.717, 1.165) is 36.6 Å². The lowest BCUT2D eigenvalue weighted by atomic mass is 9.88. The van der Waals surface area contributed by atoms with E-state index in [1.807, 2.05) is 6.08 Å². The minimum Gasteiger partial charge on any atom is -0.372 e. The van der Waals surface area contributed by atoms with Crippen molar-refractivity contribution in [2.24, 2.45) is 4.99 Å². The van der Waals surface area contributed by atoms with Crippen LogP contribution in [0.1, 0.15) is 29.5 Å². The van der Waals surface area contributed by atoms with Gasteiger partial charge in [-0.05, 0) is 42.5 Å². The Hall–Kier alpha value is -1.78. The van der Waals surface area contributed by atoms with E-state index in [2.05, 4.69) is 10.3 Å². The minimum absolute atomic E-state index is 0.331. The lowest BCUT2D eigenvalue weighted by Crippen LogP contribution is -2.25. The molecule has 1 atom stereocenters. The molecule has 5 heteroatoms. The first kappa shape index (κ1) is 13.2. The molecule has 0 amide bonds. The topological polar surface area (TPSA) is 24.4 Å². The molecule has 1 N–H and O–H groups in total. The highest BCUT2D eigenvalue weighted by Gasteiger charge is 2.31. The molecular weight excluding hydrogens is 265 g/mol. The first-order chi connectivity index (χ1) is 9.52. The van der Waals surface area contributed by atoms with Crippen LogP contribution < -0.4 is 5.32 Å². The summed E-state index contributed by atoms with van der Waals surface area (Å²) in [6, 6.07) is 4.35. The molecule has 20 heavy (non-hydrogen) atoms. The van der Waals surface area contributed by atoms with Gasteiger partial charge in [0.25, 0.3) is 0 Å². The van der Waals surface area contributed by atoms with Gasteiger partial charge in [-0.2, -0.15) is 13.2 Å². The molecule has 2 nitrogen and oxygen atoms in total. The molecule has 0 saturated carbocycles. The predicted octanol–water partition coefficient (Wildman–Crippen LogP) is 3.43. The van der Waals surface area contributed by atoms with Gasteiger partial charge >= 0.3 is 6.18 Å². The smallest absolute Gasteiger partial charge is 0.372 e. The Morgan fingerprint density at radius 3 is 2.80 bits per heavy atom. The molecule has 0 fully saturated rings. The molecule has 1 aromatic rings. The molecule has 0 aromatic heterocycles. The lowest BCUT2D eigenvalue weighted by Gasteiger charge is -2.20. The first-order valence-electron chi connectivity index (χ1n) is 6.66. The number of nitrogens with one attached hydrogen (secondary N) is 1. The molecule has 0 bridgehead atoms. The number of halogens is 3. The van der Waals surface area contributed by atoms with E-state index in [4.69, 9.17) is 0 Å². The van der Waals surface area contributed by atoms with Crippen molar-refractivity contribution in [3.63, 3.8) is 0 Å². The van der Waals surface area contributed by atoms with Gasteiger partial charge in [-0.1, -0.05) is 17.7 Å². The van der Waals surface area contributed by atoms with Crippen LogP contribution in [0.25, 0.3) is 6.08 Å². The molecule has 0 saturated heterocycles. The quantitative estimate of drug-likeness (QED) is 0.882. The Bertz CT molecular complexity index is 565. The summed E-state index contributed by atoms with van der Waals surface area (Å²) in [5, 5.41) is 3.18. The SMILES string of the molecule is FC(F)(F)c1ccc2c(c1)CCC(CC1CN=CN1)=C2. The summed E-state index contributed by atoms with van der Waals surface area (Å²) in [6.45, 7) is 0.775. The number of hydrogen-bond acceptors (Lipinski definition) is 2. The van der Waals surface area contributed by atoms with Crippen molar-refractivity contribution >= 4 is 12.4 Å². The number of hydrogen-bond donors (Lipinski definition) is 1. The Morgan fingerprint density at radius 1 is 1.25 bits per heavy atom. The van der Waals surface area contributed by atoms with Crippen LogP contribution in [-0.2, 0) is 12.6 Å². The van der Waals surface area contributed by atoms with Gasteiger partial charge in [0.15, 0.2) is 0 Å². The first-order valence-corrected chi connectivity index (χ1v) is 6.66. The van der Waals surface area contributed by atoms with Gasteiger partial charge in [-0.15, -0.1) is 0 Å². The van der Waals surface area contributed by atoms with Gasteiger partial charge in [-0.25, -0.2) is 0 Å². The second-order valence-corrected chi connectivity index (χ2v) is 5.28. The summed E-state index contributed by atoms with van der Waals surface area (Å²) in [7, 11) is 0. The van der Waals surface area contributed by atoms with Crippen LogP contribution in [0.5, 0.6) is 0 Å². The van der Waals surface area contributed by atoms with Crippen molar-refractivity contribution in [1.82, 2.24) is 5.32 Å². The number of alkyl halides is 3. The van der Waals surface area contributed by atoms with Crippen LogP contribution in [-0.4, -0.2) is 18.9 Å². The number of aliphatic imine (C=N–C) groups is 1. The summed E-state index contributed by atoms with van der Waals surface area (Å²) < 4.78 is 38.0. The van der Waals surface area contributed by atoms with E-state index in [1.54, 1.807) is 12.4 Å². The van der Waals surface area contributed by atoms with Crippen molar-refractivity contribution in [2.75, 3.05) is 6.54 Å². The van der Waals surface area contributed by atoms with E-state index in [9.17, 15) is 13.2 Å². The molecule has 1 aliphatic carbocycles. The standard InChI is InChI=1S/C15H15F3N2/c16-15(17,18)13-4-3-11-5-10(1-2-12(11)7-13)6-14-8-19-9-20-14/h3-5,7,9,14H,1-2,6,8H2,(H,19,20). The third-order valence-corrected chi connectivity index (χ3v) is 3.78. The summed E-state index contributed by atoms with van der Waals surface area (Å²) in [4.78, 5) is 4.12. The van der Waals surface area contributed by atoms with Crippen LogP contribution in [0.2, 0.25) is 0 Å². The van der Waals surface area contributed by atoms with Crippen LogP contribution in [0.4, 0.5) is 13.2 Å². The number of nitrogens with zero attached hydrogens (tertiary/aromatic N) is 1. The van der Waals surface area contributed by atoms with Gasteiger partial charge in [0, 0.05) is 0 Å². The number of rotatable bonds is 2. The van der Waals surface area contributed by atoms with Crippen molar-refractivity contribution < 1.29 is 13.2 Å². The molecule has 1 aromatic carbocycles. The average molecular weight is 280 g/mol. The second-order valence-electron chi connectivity index (χ2n) is 5.28. The van der Waals surface area contributed by atoms with Gasteiger partial charge < -0.3 is 5.32 Å². The normalized spacial score (nSPS) is 21.4. The Labute approximate surface area is 115 Å². The molecule has 1 unspecified atom stereocenters. The molecule has 1 heterocycles. The van der Waals surface area contributed by atoms with Gasteiger partial charge in [-0.3, -0.25) is 4.99 Å². The molecule has 1 aliphatic heterocycles. The summed E-state index contributed by atoms with van der Waals surface area (Å²) in [5.74, 6) is 0. The summed E-state index contributed by atoms with van der Waals surface area (Å²) in [5.41, 5.74) is 2.43. The molecule has 0 spiro atoms. The highest BCUT2D eigenvalue weighted by molar-refractivity contribution is 5.61. The van der Waals surface area contributed by atoms with E-state index in [-0.39, 0.29) is 0 Å². The molecule has 0 radical (unpaired) electrons. The fourth-order valence-electron chi connectivity index (χ4n) is 2.72. The largest absolute Gasteiger partial charge is 0.416 e. The van der Waals surface area contributed by atoms with E-state index in [1.165, 1.54) is 11.6 Å². The predicted molar refractivity (Wildman–Crippen MR) is 72.6 cm³/mol. The zero-order valence-corrected chi connectivity index (χ0v) is 10.9. The Kier molecular flexibility index (Phi) is 3.28. The fourth-order valence-corrected chi connectivity index (χ4v) is 2.72. The molecular formula is C15H15F3N2. The maximum absolute atomic E-state index is 12.7. The highest BCUT2D eigenvalue weighted by atomic mass is 19.4.